The molecule has 0 saturated heterocycles. The third-order valence-electron chi connectivity index (χ3n) is 6.11. The Kier molecular flexibility index (Phi) is 5.53. The van der Waals surface area contributed by atoms with Gasteiger partial charge in [-0.2, -0.15) is 0 Å². The number of benzene rings is 1. The van der Waals surface area contributed by atoms with Crippen LogP contribution in [0, 0.1) is 5.92 Å². The Morgan fingerprint density at radius 2 is 1.89 bits per heavy atom. The molecule has 2 heterocycles. The first-order valence-corrected chi connectivity index (χ1v) is 10.7. The van der Waals surface area contributed by atoms with Crippen LogP contribution in [0.15, 0.2) is 24.3 Å². The first kappa shape index (κ1) is 18.5. The monoisotopic (exact) mass is 385 g/mol. The van der Waals surface area contributed by atoms with Crippen molar-refractivity contribution >= 4 is 17.5 Å². The van der Waals surface area contributed by atoms with Crippen LogP contribution >= 0.6 is 11.6 Å². The summed E-state index contributed by atoms with van der Waals surface area (Å²) in [7, 11) is 0. The predicted molar refractivity (Wildman–Crippen MR) is 109 cm³/mol. The normalized spacial score (nSPS) is 22.7. The molecule has 144 valence electrons. The Morgan fingerprint density at radius 1 is 1.11 bits per heavy atom. The zero-order valence-corrected chi connectivity index (χ0v) is 16.8. The third-order valence-corrected chi connectivity index (χ3v) is 6.37. The molecule has 27 heavy (non-hydrogen) atoms. The maximum Gasteiger partial charge on any atom is 0.272 e. The second-order valence-corrected chi connectivity index (χ2v) is 8.48. The van der Waals surface area contributed by atoms with Gasteiger partial charge in [-0.25, -0.2) is 4.98 Å². The lowest BCUT2D eigenvalue weighted by molar-refractivity contribution is 0.0904. The van der Waals surface area contributed by atoms with Crippen LogP contribution in [0.2, 0.25) is 5.02 Å². The van der Waals surface area contributed by atoms with Gasteiger partial charge in [0.2, 0.25) is 0 Å². The number of carbonyl (C=O) groups excluding carboxylic acids is 1. The number of amides is 1. The number of hydrogen-bond acceptors (Lipinski definition) is 2. The van der Waals surface area contributed by atoms with Gasteiger partial charge in [0, 0.05) is 23.2 Å². The zero-order chi connectivity index (χ0) is 18.8. The number of rotatable bonds is 3. The fraction of sp³-hybridized carbons (Fsp3) is 0.545. The molecule has 2 aliphatic rings. The van der Waals surface area contributed by atoms with E-state index in [-0.39, 0.29) is 11.9 Å². The van der Waals surface area contributed by atoms with Crippen LogP contribution < -0.4 is 5.32 Å². The molecule has 4 rings (SSSR count). The smallest absolute Gasteiger partial charge is 0.272 e. The van der Waals surface area contributed by atoms with Gasteiger partial charge in [-0.3, -0.25) is 4.79 Å². The van der Waals surface area contributed by atoms with Gasteiger partial charge >= 0.3 is 0 Å². The van der Waals surface area contributed by atoms with Gasteiger partial charge < -0.3 is 9.88 Å². The van der Waals surface area contributed by atoms with E-state index in [1.165, 1.54) is 25.7 Å². The number of aromatic nitrogens is 2. The van der Waals surface area contributed by atoms with Crippen molar-refractivity contribution in [1.82, 2.24) is 14.9 Å². The number of nitrogens with zero attached hydrogens (tertiary/aromatic N) is 2. The lowest BCUT2D eigenvalue weighted by Gasteiger charge is -2.29. The Balaban J connectivity index is 1.67. The number of halogens is 1. The molecule has 1 saturated carbocycles. The standard InChI is InChI=1S/C22H28ClN3O/c1-15-7-4-5-8-18(15)24-22(27)20-19-9-3-2-6-14-26(19)21(25-20)16-10-12-17(23)13-11-16/h10-13,15,18H,2-9,14H2,1H3,(H,24,27)/t15-,18+/m1/s1. The van der Waals surface area contributed by atoms with Crippen molar-refractivity contribution in [3.63, 3.8) is 0 Å². The molecule has 1 amide bonds. The van der Waals surface area contributed by atoms with E-state index in [1.807, 2.05) is 24.3 Å². The summed E-state index contributed by atoms with van der Waals surface area (Å²) < 4.78 is 2.26. The van der Waals surface area contributed by atoms with Crippen LogP contribution in [0.5, 0.6) is 0 Å². The van der Waals surface area contributed by atoms with E-state index in [0.29, 0.717) is 16.6 Å². The lowest BCUT2D eigenvalue weighted by atomic mass is 9.86. The Bertz CT molecular complexity index is 812. The molecule has 2 atom stereocenters. The molecule has 1 aliphatic heterocycles. The minimum absolute atomic E-state index is 0.000358. The zero-order valence-electron chi connectivity index (χ0n) is 16.0. The van der Waals surface area contributed by atoms with Crippen LogP contribution in [0.1, 0.15) is 68.1 Å². The van der Waals surface area contributed by atoms with Crippen molar-refractivity contribution < 1.29 is 4.79 Å². The van der Waals surface area contributed by atoms with Crippen LogP contribution in [0.25, 0.3) is 11.4 Å². The minimum atomic E-state index is -0.000358. The molecule has 0 radical (unpaired) electrons. The highest BCUT2D eigenvalue weighted by atomic mass is 35.5. The summed E-state index contributed by atoms with van der Waals surface area (Å²) in [6, 6.07) is 8.03. The molecule has 0 bridgehead atoms. The minimum Gasteiger partial charge on any atom is -0.348 e. The molecule has 1 N–H and O–H groups in total. The first-order chi connectivity index (χ1) is 13.1. The summed E-state index contributed by atoms with van der Waals surface area (Å²) in [5, 5.41) is 4.01. The molecule has 1 aliphatic carbocycles. The molecule has 1 aromatic heterocycles. The summed E-state index contributed by atoms with van der Waals surface area (Å²) >= 11 is 6.06. The van der Waals surface area contributed by atoms with Gasteiger partial charge in [0.25, 0.3) is 5.91 Å². The van der Waals surface area contributed by atoms with Gasteiger partial charge in [0.1, 0.15) is 11.5 Å². The highest BCUT2D eigenvalue weighted by Crippen LogP contribution is 2.29. The molecule has 1 aromatic carbocycles. The summed E-state index contributed by atoms with van der Waals surface area (Å²) in [6.07, 6.45) is 9.11. The van der Waals surface area contributed by atoms with Crippen molar-refractivity contribution in [2.45, 2.75) is 70.9 Å². The number of fused-ring (bicyclic) bond motifs is 1. The number of hydrogen-bond donors (Lipinski definition) is 1. The SMILES string of the molecule is C[C@@H]1CCCC[C@@H]1NC(=O)c1nc(-c2ccc(Cl)cc2)n2c1CCCCC2. The number of carbonyl (C=O) groups is 1. The van der Waals surface area contributed by atoms with Gasteiger partial charge in [0.05, 0.1) is 5.69 Å². The lowest BCUT2D eigenvalue weighted by Crippen LogP contribution is -2.41. The Morgan fingerprint density at radius 3 is 2.67 bits per heavy atom. The Hall–Kier alpha value is -1.81. The van der Waals surface area contributed by atoms with Crippen molar-refractivity contribution in [3.05, 3.63) is 40.7 Å². The maximum atomic E-state index is 13.1. The third kappa shape index (κ3) is 3.91. The van der Waals surface area contributed by atoms with Crippen LogP contribution in [0.3, 0.4) is 0 Å². The van der Waals surface area contributed by atoms with E-state index in [9.17, 15) is 4.79 Å². The van der Waals surface area contributed by atoms with Crippen LogP contribution in [0.4, 0.5) is 0 Å². The number of imidazole rings is 1. The predicted octanol–water partition coefficient (Wildman–Crippen LogP) is 5.24. The fourth-order valence-corrected chi connectivity index (χ4v) is 4.61. The summed E-state index contributed by atoms with van der Waals surface area (Å²) in [5.74, 6) is 1.43. The fourth-order valence-electron chi connectivity index (χ4n) is 4.49. The van der Waals surface area contributed by atoms with Gasteiger partial charge in [-0.15, -0.1) is 0 Å². The first-order valence-electron chi connectivity index (χ1n) is 10.3. The second-order valence-electron chi connectivity index (χ2n) is 8.04. The average Bonchev–Trinajstić information content (AvgIpc) is 2.86. The largest absolute Gasteiger partial charge is 0.348 e. The van der Waals surface area contributed by atoms with Gasteiger partial charge in [0.15, 0.2) is 0 Å². The highest BCUT2D eigenvalue weighted by Gasteiger charge is 2.28. The summed E-state index contributed by atoms with van der Waals surface area (Å²) in [5.41, 5.74) is 2.74. The number of nitrogens with one attached hydrogen (secondary N) is 1. The highest BCUT2D eigenvalue weighted by molar-refractivity contribution is 6.30. The van der Waals surface area contributed by atoms with Crippen molar-refractivity contribution in [2.24, 2.45) is 5.92 Å². The van der Waals surface area contributed by atoms with Crippen molar-refractivity contribution in [3.8, 4) is 11.4 Å². The van der Waals surface area contributed by atoms with Crippen LogP contribution in [-0.4, -0.2) is 21.5 Å². The maximum absolute atomic E-state index is 13.1. The van der Waals surface area contributed by atoms with Gasteiger partial charge in [-0.05, 0) is 62.3 Å². The molecule has 2 aromatic rings. The molecule has 0 unspecified atom stereocenters. The van der Waals surface area contributed by atoms with E-state index < -0.39 is 0 Å². The molecular formula is C22H28ClN3O. The van der Waals surface area contributed by atoms with E-state index >= 15 is 0 Å². The van der Waals surface area contributed by atoms with E-state index in [0.717, 1.165) is 49.3 Å². The van der Waals surface area contributed by atoms with Crippen molar-refractivity contribution in [1.29, 1.82) is 0 Å². The Labute approximate surface area is 166 Å². The van der Waals surface area contributed by atoms with Crippen LogP contribution in [-0.2, 0) is 13.0 Å². The molecule has 4 nitrogen and oxygen atoms in total. The van der Waals surface area contributed by atoms with Crippen molar-refractivity contribution in [2.75, 3.05) is 0 Å². The van der Waals surface area contributed by atoms with E-state index in [2.05, 4.69) is 16.8 Å². The quantitative estimate of drug-likeness (QED) is 0.785. The average molecular weight is 386 g/mol. The van der Waals surface area contributed by atoms with Gasteiger partial charge in [-0.1, -0.05) is 37.8 Å². The summed E-state index contributed by atoms with van der Waals surface area (Å²) in [6.45, 7) is 3.17. The molecule has 0 spiro atoms. The second kappa shape index (κ2) is 8.05. The van der Waals surface area contributed by atoms with E-state index in [1.54, 1.807) is 0 Å². The topological polar surface area (TPSA) is 46.9 Å². The summed E-state index contributed by atoms with van der Waals surface area (Å²) in [4.78, 5) is 18.0. The van der Waals surface area contributed by atoms with E-state index in [4.69, 9.17) is 16.6 Å². The molecule has 5 heteroatoms. The molecule has 1 fully saturated rings. The molecular weight excluding hydrogens is 358 g/mol.